The van der Waals surface area contributed by atoms with Crippen LogP contribution in [0, 0.1) is 0 Å². The van der Waals surface area contributed by atoms with Crippen LogP contribution in [-0.2, 0) is 9.53 Å². The molecule has 1 unspecified atom stereocenters. The van der Waals surface area contributed by atoms with Gasteiger partial charge in [-0.05, 0) is 29.6 Å². The summed E-state index contributed by atoms with van der Waals surface area (Å²) in [6.45, 7) is 3.69. The van der Waals surface area contributed by atoms with Gasteiger partial charge in [0.05, 0.1) is 22.4 Å². The van der Waals surface area contributed by atoms with Crippen LogP contribution < -0.4 is 4.74 Å². The number of hydrogen-bond donors (Lipinski definition) is 0. The van der Waals surface area contributed by atoms with E-state index in [2.05, 4.69) is 11.6 Å². The number of thiophene rings is 1. The molecule has 33 heavy (non-hydrogen) atoms. The molecule has 0 N–H and O–H groups in total. The normalized spacial score (nSPS) is 11.9. The van der Waals surface area contributed by atoms with Gasteiger partial charge in [-0.15, -0.1) is 11.3 Å². The lowest BCUT2D eigenvalue weighted by Gasteiger charge is -2.20. The van der Waals surface area contributed by atoms with Gasteiger partial charge in [-0.2, -0.15) is 0 Å². The summed E-state index contributed by atoms with van der Waals surface area (Å²) in [5, 5.41) is 1.98. The molecule has 6 nitrogen and oxygen atoms in total. The van der Waals surface area contributed by atoms with Gasteiger partial charge in [0.1, 0.15) is 12.4 Å². The van der Waals surface area contributed by atoms with Crippen molar-refractivity contribution in [3.05, 3.63) is 96.1 Å². The van der Waals surface area contributed by atoms with Gasteiger partial charge in [0.15, 0.2) is 0 Å². The number of carbonyl (C=O) groups is 1. The fourth-order valence-corrected chi connectivity index (χ4v) is 3.96. The average Bonchev–Trinajstić information content (AvgIpc) is 3.57. The number of benzene rings is 1. The van der Waals surface area contributed by atoms with E-state index in [9.17, 15) is 4.79 Å². The van der Waals surface area contributed by atoms with E-state index in [0.717, 1.165) is 10.4 Å². The van der Waals surface area contributed by atoms with Crippen LogP contribution in [0.25, 0.3) is 21.9 Å². The Bertz CT molecular complexity index is 1230. The highest BCUT2D eigenvalue weighted by atomic mass is 32.1. The van der Waals surface area contributed by atoms with Crippen LogP contribution in [0.2, 0.25) is 0 Å². The van der Waals surface area contributed by atoms with Crippen LogP contribution in [0.15, 0.2) is 94.4 Å². The predicted octanol–water partition coefficient (Wildman–Crippen LogP) is 5.97. The molecule has 0 fully saturated rings. The second kappa shape index (κ2) is 10.6. The quantitative estimate of drug-likeness (QED) is 0.176. The van der Waals surface area contributed by atoms with Crippen molar-refractivity contribution < 1.29 is 18.7 Å². The van der Waals surface area contributed by atoms with Crippen LogP contribution in [0.1, 0.15) is 17.2 Å². The molecule has 1 atom stereocenters. The third-order valence-electron chi connectivity index (χ3n) is 4.73. The third-order valence-corrected chi connectivity index (χ3v) is 5.62. The van der Waals surface area contributed by atoms with Crippen LogP contribution >= 0.6 is 11.3 Å². The standard InChI is InChI=1S/C26H22N2O4S/c1-3-13-31-26(29)24(18-9-5-4-6-10-18)32-25-20(17-27-2)19(22-11-7-14-30-22)16-21(28-25)23-12-8-15-33-23/h3-12,14-17,24H,1,13H2,2H3. The molecule has 0 aliphatic heterocycles. The molecule has 0 aliphatic carbocycles. The molecule has 7 heteroatoms. The van der Waals surface area contributed by atoms with Gasteiger partial charge in [0, 0.05) is 24.4 Å². The summed E-state index contributed by atoms with van der Waals surface area (Å²) in [5.41, 5.74) is 2.70. The molecule has 1 aromatic carbocycles. The smallest absolute Gasteiger partial charge is 0.352 e. The van der Waals surface area contributed by atoms with Gasteiger partial charge in [-0.1, -0.05) is 49.1 Å². The van der Waals surface area contributed by atoms with E-state index >= 15 is 0 Å². The number of esters is 1. The zero-order chi connectivity index (χ0) is 23.0. The molecule has 0 saturated heterocycles. The minimum absolute atomic E-state index is 0.0785. The predicted molar refractivity (Wildman–Crippen MR) is 130 cm³/mol. The van der Waals surface area contributed by atoms with Gasteiger partial charge in [0.2, 0.25) is 12.0 Å². The molecule has 0 spiro atoms. The molecule has 3 heterocycles. The first kappa shape index (κ1) is 22.2. The Morgan fingerprint density at radius 2 is 2.06 bits per heavy atom. The average molecular weight is 459 g/mol. The molecular weight excluding hydrogens is 436 g/mol. The lowest BCUT2D eigenvalue weighted by Crippen LogP contribution is -2.22. The van der Waals surface area contributed by atoms with Gasteiger partial charge in [-0.25, -0.2) is 9.78 Å². The van der Waals surface area contributed by atoms with E-state index in [1.165, 1.54) is 6.08 Å². The summed E-state index contributed by atoms with van der Waals surface area (Å²) in [5.74, 6) is 0.353. The van der Waals surface area contributed by atoms with Crippen LogP contribution in [0.4, 0.5) is 0 Å². The van der Waals surface area contributed by atoms with Crippen molar-refractivity contribution in [1.82, 2.24) is 4.98 Å². The largest absolute Gasteiger partial charge is 0.464 e. The van der Waals surface area contributed by atoms with Gasteiger partial charge < -0.3 is 13.9 Å². The molecule has 0 aliphatic rings. The highest BCUT2D eigenvalue weighted by Gasteiger charge is 2.27. The van der Waals surface area contributed by atoms with E-state index in [4.69, 9.17) is 18.9 Å². The van der Waals surface area contributed by atoms with Crippen molar-refractivity contribution in [1.29, 1.82) is 0 Å². The van der Waals surface area contributed by atoms with Crippen LogP contribution in [0.3, 0.4) is 0 Å². The summed E-state index contributed by atoms with van der Waals surface area (Å²) in [7, 11) is 1.66. The number of hydrogen-bond acceptors (Lipinski definition) is 7. The highest BCUT2D eigenvalue weighted by molar-refractivity contribution is 7.13. The van der Waals surface area contributed by atoms with Crippen molar-refractivity contribution in [2.45, 2.75) is 6.10 Å². The van der Waals surface area contributed by atoms with Gasteiger partial charge in [0.25, 0.3) is 0 Å². The Labute approximate surface area is 195 Å². The van der Waals surface area contributed by atoms with Crippen LogP contribution in [-0.4, -0.2) is 30.8 Å². The lowest BCUT2D eigenvalue weighted by molar-refractivity contribution is -0.151. The summed E-state index contributed by atoms with van der Waals surface area (Å²) in [4.78, 5) is 22.8. The molecular formula is C26H22N2O4S. The van der Waals surface area contributed by atoms with Crippen molar-refractivity contribution in [2.24, 2.45) is 4.99 Å². The van der Waals surface area contributed by atoms with E-state index in [1.807, 2.05) is 66.0 Å². The van der Waals surface area contributed by atoms with Gasteiger partial charge >= 0.3 is 5.97 Å². The van der Waals surface area contributed by atoms with E-state index in [0.29, 0.717) is 22.6 Å². The summed E-state index contributed by atoms with van der Waals surface area (Å²) in [6.07, 6.45) is 3.74. The minimum atomic E-state index is -1.02. The van der Waals surface area contributed by atoms with Crippen molar-refractivity contribution in [3.8, 4) is 27.8 Å². The zero-order valence-corrected chi connectivity index (χ0v) is 18.8. The summed E-state index contributed by atoms with van der Waals surface area (Å²) < 4.78 is 17.3. The lowest BCUT2D eigenvalue weighted by atomic mass is 10.1. The second-order valence-electron chi connectivity index (χ2n) is 6.94. The molecule has 3 aromatic heterocycles. The molecule has 0 saturated carbocycles. The Morgan fingerprint density at radius 1 is 1.21 bits per heavy atom. The topological polar surface area (TPSA) is 73.9 Å². The highest BCUT2D eigenvalue weighted by Crippen LogP contribution is 2.36. The Morgan fingerprint density at radius 3 is 2.73 bits per heavy atom. The molecule has 4 aromatic rings. The Kier molecular flexibility index (Phi) is 7.12. The number of rotatable bonds is 9. The first-order valence-electron chi connectivity index (χ1n) is 10.3. The number of carbonyl (C=O) groups excluding carboxylic acids is 1. The van der Waals surface area contributed by atoms with Gasteiger partial charge in [-0.3, -0.25) is 4.99 Å². The number of aliphatic imine (C=N–C) groups is 1. The zero-order valence-electron chi connectivity index (χ0n) is 18.0. The van der Waals surface area contributed by atoms with Crippen molar-refractivity contribution >= 4 is 23.5 Å². The Balaban J connectivity index is 1.86. The fourth-order valence-electron chi connectivity index (χ4n) is 3.27. The monoisotopic (exact) mass is 458 g/mol. The summed E-state index contributed by atoms with van der Waals surface area (Å²) in [6, 6.07) is 18.7. The third kappa shape index (κ3) is 5.10. The van der Waals surface area contributed by atoms with E-state index < -0.39 is 12.1 Å². The molecule has 0 bridgehead atoms. The number of furan rings is 1. The maximum atomic E-state index is 12.9. The number of pyridine rings is 1. The van der Waals surface area contributed by atoms with Crippen molar-refractivity contribution in [3.63, 3.8) is 0 Å². The first-order valence-corrected chi connectivity index (χ1v) is 11.1. The minimum Gasteiger partial charge on any atom is -0.464 e. The SMILES string of the molecule is C=CCOC(=O)C(Oc1nc(-c2cccs2)cc(-c2ccco2)c1C=NC)c1ccccc1. The van der Waals surface area contributed by atoms with Crippen LogP contribution in [0.5, 0.6) is 5.88 Å². The van der Waals surface area contributed by atoms with E-state index in [-0.39, 0.29) is 12.5 Å². The number of ether oxygens (including phenoxy) is 2. The van der Waals surface area contributed by atoms with Crippen molar-refractivity contribution in [2.75, 3.05) is 13.7 Å². The Hall–Kier alpha value is -3.97. The second-order valence-corrected chi connectivity index (χ2v) is 7.89. The number of aromatic nitrogens is 1. The van der Waals surface area contributed by atoms with E-state index in [1.54, 1.807) is 30.9 Å². The fraction of sp³-hybridized carbons (Fsp3) is 0.115. The molecule has 166 valence electrons. The molecule has 4 rings (SSSR count). The molecule has 0 amide bonds. The maximum absolute atomic E-state index is 12.9. The molecule has 0 radical (unpaired) electrons. The maximum Gasteiger partial charge on any atom is 0.352 e. The first-order chi connectivity index (χ1) is 16.2. The number of nitrogens with zero attached hydrogens (tertiary/aromatic N) is 2. The summed E-state index contributed by atoms with van der Waals surface area (Å²) >= 11 is 1.56.